The first-order valence-corrected chi connectivity index (χ1v) is 6.02. The molecule has 2 nitrogen and oxygen atoms in total. The van der Waals surface area contributed by atoms with Crippen LogP contribution in [0.4, 0.5) is 0 Å². The number of hydrogen-bond donors (Lipinski definition) is 2. The summed E-state index contributed by atoms with van der Waals surface area (Å²) >= 11 is 4.98. The van der Waals surface area contributed by atoms with Crippen molar-refractivity contribution in [2.24, 2.45) is 5.73 Å². The molecule has 0 aromatic carbocycles. The van der Waals surface area contributed by atoms with Gasteiger partial charge in [-0.2, -0.15) is 11.3 Å². The van der Waals surface area contributed by atoms with Crippen LogP contribution in [0.1, 0.15) is 25.3 Å². The number of hydrogen-bond acceptors (Lipinski definition) is 3. The second-order valence-electron chi connectivity index (χ2n) is 3.12. The molecule has 0 aliphatic carbocycles. The van der Waals surface area contributed by atoms with E-state index in [9.17, 15) is 5.11 Å². The summed E-state index contributed by atoms with van der Waals surface area (Å²) in [5.74, 6) is 0. The lowest BCUT2D eigenvalue weighted by Crippen LogP contribution is -2.34. The summed E-state index contributed by atoms with van der Waals surface area (Å²) in [4.78, 5) is 0. The molecule has 13 heavy (non-hydrogen) atoms. The average molecular weight is 264 g/mol. The second-order valence-corrected chi connectivity index (χ2v) is 4.72. The summed E-state index contributed by atoms with van der Waals surface area (Å²) in [6, 6.07) is 0. The summed E-state index contributed by atoms with van der Waals surface area (Å²) in [7, 11) is 0. The van der Waals surface area contributed by atoms with E-state index in [-0.39, 0.29) is 6.54 Å². The van der Waals surface area contributed by atoms with E-state index < -0.39 is 5.60 Å². The van der Waals surface area contributed by atoms with Gasteiger partial charge in [-0.1, -0.05) is 13.3 Å². The first-order valence-electron chi connectivity index (χ1n) is 4.28. The number of rotatable bonds is 4. The second kappa shape index (κ2) is 4.55. The van der Waals surface area contributed by atoms with Crippen molar-refractivity contribution in [1.29, 1.82) is 0 Å². The Bertz CT molecular complexity index is 276. The predicted molar refractivity (Wildman–Crippen MR) is 59.9 cm³/mol. The van der Waals surface area contributed by atoms with E-state index in [1.54, 1.807) is 11.3 Å². The van der Waals surface area contributed by atoms with Gasteiger partial charge in [0.15, 0.2) is 0 Å². The van der Waals surface area contributed by atoms with Gasteiger partial charge in [0, 0.05) is 22.0 Å². The van der Waals surface area contributed by atoms with Crippen molar-refractivity contribution in [3.8, 4) is 0 Å². The van der Waals surface area contributed by atoms with Crippen LogP contribution in [0, 0.1) is 0 Å². The van der Waals surface area contributed by atoms with E-state index in [1.165, 1.54) is 0 Å². The summed E-state index contributed by atoms with van der Waals surface area (Å²) < 4.78 is 0.957. The fourth-order valence-electron chi connectivity index (χ4n) is 1.37. The SMILES string of the molecule is CCCC(O)(CN)c1cscc1Br. The van der Waals surface area contributed by atoms with Crippen molar-refractivity contribution in [2.45, 2.75) is 25.4 Å². The molecule has 0 bridgehead atoms. The minimum Gasteiger partial charge on any atom is -0.384 e. The highest BCUT2D eigenvalue weighted by Gasteiger charge is 2.29. The minimum absolute atomic E-state index is 0.274. The third-order valence-corrected chi connectivity index (χ3v) is 3.82. The fourth-order valence-corrected chi connectivity index (χ4v) is 3.13. The van der Waals surface area contributed by atoms with Gasteiger partial charge in [0.25, 0.3) is 0 Å². The highest BCUT2D eigenvalue weighted by atomic mass is 79.9. The molecule has 1 atom stereocenters. The average Bonchev–Trinajstić information content (AvgIpc) is 2.52. The van der Waals surface area contributed by atoms with Gasteiger partial charge < -0.3 is 10.8 Å². The molecule has 0 saturated heterocycles. The zero-order valence-corrected chi connectivity index (χ0v) is 9.99. The first-order chi connectivity index (χ1) is 6.14. The van der Waals surface area contributed by atoms with Crippen LogP contribution in [0.25, 0.3) is 0 Å². The van der Waals surface area contributed by atoms with Crippen molar-refractivity contribution < 1.29 is 5.11 Å². The maximum atomic E-state index is 10.2. The molecule has 1 aromatic rings. The van der Waals surface area contributed by atoms with Crippen LogP contribution in [0.5, 0.6) is 0 Å². The smallest absolute Gasteiger partial charge is 0.104 e. The lowest BCUT2D eigenvalue weighted by atomic mass is 9.92. The predicted octanol–water partition coefficient (Wildman–Crippen LogP) is 2.46. The van der Waals surface area contributed by atoms with E-state index in [1.807, 2.05) is 17.7 Å². The molecule has 1 heterocycles. The quantitative estimate of drug-likeness (QED) is 0.877. The lowest BCUT2D eigenvalue weighted by molar-refractivity contribution is 0.0357. The molecule has 0 amide bonds. The minimum atomic E-state index is -0.854. The molecule has 1 unspecified atom stereocenters. The van der Waals surface area contributed by atoms with Crippen LogP contribution in [0.2, 0.25) is 0 Å². The summed E-state index contributed by atoms with van der Waals surface area (Å²) in [5, 5.41) is 14.1. The van der Waals surface area contributed by atoms with Crippen LogP contribution in [-0.4, -0.2) is 11.7 Å². The Hall–Kier alpha value is 0.100. The molecule has 0 aliphatic rings. The summed E-state index contributed by atoms with van der Waals surface area (Å²) in [6.07, 6.45) is 1.63. The molecule has 0 aliphatic heterocycles. The zero-order valence-electron chi connectivity index (χ0n) is 7.59. The van der Waals surface area contributed by atoms with Crippen LogP contribution >= 0.6 is 27.3 Å². The normalized spacial score (nSPS) is 15.7. The number of halogens is 1. The number of thiophene rings is 1. The topological polar surface area (TPSA) is 46.2 Å². The highest BCUT2D eigenvalue weighted by Crippen LogP contribution is 2.34. The van der Waals surface area contributed by atoms with Crippen LogP contribution < -0.4 is 5.73 Å². The summed E-state index contributed by atoms with van der Waals surface area (Å²) in [5.41, 5.74) is 5.65. The van der Waals surface area contributed by atoms with Gasteiger partial charge in [-0.3, -0.25) is 0 Å². The third-order valence-electron chi connectivity index (χ3n) is 2.12. The third kappa shape index (κ3) is 2.31. The Morgan fingerprint density at radius 2 is 2.31 bits per heavy atom. The molecule has 1 rings (SSSR count). The van der Waals surface area contributed by atoms with Crippen LogP contribution in [-0.2, 0) is 5.60 Å². The molecule has 0 radical (unpaired) electrons. The Balaban J connectivity index is 2.95. The van der Waals surface area contributed by atoms with Gasteiger partial charge in [0.05, 0.1) is 0 Å². The number of aliphatic hydroxyl groups is 1. The van der Waals surface area contributed by atoms with Crippen LogP contribution in [0.3, 0.4) is 0 Å². The van der Waals surface area contributed by atoms with Gasteiger partial charge >= 0.3 is 0 Å². The van der Waals surface area contributed by atoms with Crippen molar-refractivity contribution in [1.82, 2.24) is 0 Å². The zero-order chi connectivity index (χ0) is 9.90. The van der Waals surface area contributed by atoms with E-state index in [0.29, 0.717) is 6.42 Å². The van der Waals surface area contributed by atoms with Gasteiger partial charge in [-0.25, -0.2) is 0 Å². The maximum absolute atomic E-state index is 10.2. The van der Waals surface area contributed by atoms with E-state index >= 15 is 0 Å². The standard InChI is InChI=1S/C9H14BrNOS/c1-2-3-9(12,6-11)7-4-13-5-8(7)10/h4-5,12H,2-3,6,11H2,1H3. The van der Waals surface area contributed by atoms with Crippen molar-refractivity contribution in [3.63, 3.8) is 0 Å². The highest BCUT2D eigenvalue weighted by molar-refractivity contribution is 9.10. The molecule has 0 spiro atoms. The monoisotopic (exact) mass is 263 g/mol. The van der Waals surface area contributed by atoms with Crippen molar-refractivity contribution in [3.05, 3.63) is 20.8 Å². The Labute approximate surface area is 90.9 Å². The van der Waals surface area contributed by atoms with E-state index in [0.717, 1.165) is 16.5 Å². The summed E-state index contributed by atoms with van der Waals surface area (Å²) in [6.45, 7) is 2.32. The molecule has 0 saturated carbocycles. The molecular formula is C9H14BrNOS. The Morgan fingerprint density at radius 3 is 2.69 bits per heavy atom. The fraction of sp³-hybridized carbons (Fsp3) is 0.556. The maximum Gasteiger partial charge on any atom is 0.104 e. The van der Waals surface area contributed by atoms with Crippen molar-refractivity contribution in [2.75, 3.05) is 6.54 Å². The first kappa shape index (κ1) is 11.2. The van der Waals surface area contributed by atoms with Gasteiger partial charge in [0.2, 0.25) is 0 Å². The Kier molecular flexibility index (Phi) is 3.91. The number of nitrogens with two attached hydrogens (primary N) is 1. The lowest BCUT2D eigenvalue weighted by Gasteiger charge is -2.25. The molecule has 1 aromatic heterocycles. The molecule has 74 valence electrons. The van der Waals surface area contributed by atoms with Gasteiger partial charge in [-0.15, -0.1) is 0 Å². The van der Waals surface area contributed by atoms with Crippen LogP contribution in [0.15, 0.2) is 15.2 Å². The molecular weight excluding hydrogens is 250 g/mol. The van der Waals surface area contributed by atoms with Crippen molar-refractivity contribution >= 4 is 27.3 Å². The van der Waals surface area contributed by atoms with E-state index in [2.05, 4.69) is 15.9 Å². The molecule has 3 N–H and O–H groups in total. The molecule has 4 heteroatoms. The van der Waals surface area contributed by atoms with E-state index in [4.69, 9.17) is 5.73 Å². The Morgan fingerprint density at radius 1 is 1.62 bits per heavy atom. The largest absolute Gasteiger partial charge is 0.384 e. The van der Waals surface area contributed by atoms with Gasteiger partial charge in [0.1, 0.15) is 5.60 Å². The van der Waals surface area contributed by atoms with Gasteiger partial charge in [-0.05, 0) is 27.7 Å². The molecule has 0 fully saturated rings.